The second kappa shape index (κ2) is 5.49. The van der Waals surface area contributed by atoms with Crippen LogP contribution >= 0.6 is 15.9 Å². The third-order valence-electron chi connectivity index (χ3n) is 5.63. The topological polar surface area (TPSA) is 59.5 Å². The standard InChI is InChI=1S/C16H22BrN5/c17-12-11-20-15(22-10-7-19-14(12)22)21-8-5-16(6-9-21)4-2-1-3-13(16)18/h7,10-11,13H,1-6,8-9,18H2/t13-/m1/s1. The number of fused-ring (bicyclic) bond motifs is 1. The van der Waals surface area contributed by atoms with Crippen molar-refractivity contribution in [3.63, 3.8) is 0 Å². The molecule has 5 nitrogen and oxygen atoms in total. The molecule has 0 unspecified atom stereocenters. The Labute approximate surface area is 139 Å². The molecular formula is C16H22BrN5. The van der Waals surface area contributed by atoms with E-state index in [4.69, 9.17) is 5.73 Å². The lowest BCUT2D eigenvalue weighted by Crippen LogP contribution is -2.51. The summed E-state index contributed by atoms with van der Waals surface area (Å²) in [5, 5.41) is 0. The number of rotatable bonds is 1. The van der Waals surface area contributed by atoms with Crippen molar-refractivity contribution in [2.45, 2.75) is 44.6 Å². The quantitative estimate of drug-likeness (QED) is 0.845. The Hall–Kier alpha value is -1.14. The Morgan fingerprint density at radius 1 is 1.18 bits per heavy atom. The lowest BCUT2D eigenvalue weighted by atomic mass is 9.65. The first-order valence-electron chi connectivity index (χ1n) is 8.18. The van der Waals surface area contributed by atoms with E-state index in [-0.39, 0.29) is 0 Å². The number of hydrogen-bond acceptors (Lipinski definition) is 4. The summed E-state index contributed by atoms with van der Waals surface area (Å²) < 4.78 is 3.01. The van der Waals surface area contributed by atoms with Crippen molar-refractivity contribution in [3.05, 3.63) is 23.1 Å². The Morgan fingerprint density at radius 2 is 2.00 bits per heavy atom. The van der Waals surface area contributed by atoms with Gasteiger partial charge in [0.05, 0.1) is 4.47 Å². The van der Waals surface area contributed by atoms with E-state index in [2.05, 4.69) is 35.2 Å². The van der Waals surface area contributed by atoms with Gasteiger partial charge in [-0.05, 0) is 47.0 Å². The van der Waals surface area contributed by atoms with Gasteiger partial charge < -0.3 is 10.6 Å². The molecule has 1 atom stereocenters. The van der Waals surface area contributed by atoms with Gasteiger partial charge in [-0.2, -0.15) is 0 Å². The highest BCUT2D eigenvalue weighted by Crippen LogP contribution is 2.44. The summed E-state index contributed by atoms with van der Waals surface area (Å²) in [6.07, 6.45) is 13.2. The first kappa shape index (κ1) is 14.5. The number of anilines is 1. The van der Waals surface area contributed by atoms with Gasteiger partial charge in [0.1, 0.15) is 0 Å². The van der Waals surface area contributed by atoms with Crippen LogP contribution in [0.25, 0.3) is 5.65 Å². The van der Waals surface area contributed by atoms with Crippen molar-refractivity contribution in [1.29, 1.82) is 0 Å². The van der Waals surface area contributed by atoms with Crippen LogP contribution in [0, 0.1) is 5.41 Å². The summed E-state index contributed by atoms with van der Waals surface area (Å²) >= 11 is 3.52. The second-order valence-electron chi connectivity index (χ2n) is 6.73. The summed E-state index contributed by atoms with van der Waals surface area (Å²) in [5.41, 5.74) is 7.77. The fraction of sp³-hybridized carbons (Fsp3) is 0.625. The van der Waals surface area contributed by atoms with Crippen LogP contribution in [0.2, 0.25) is 0 Å². The second-order valence-corrected chi connectivity index (χ2v) is 7.58. The number of halogens is 1. The highest BCUT2D eigenvalue weighted by atomic mass is 79.9. The van der Waals surface area contributed by atoms with E-state index in [1.165, 1.54) is 38.5 Å². The van der Waals surface area contributed by atoms with E-state index < -0.39 is 0 Å². The van der Waals surface area contributed by atoms with Crippen LogP contribution < -0.4 is 10.6 Å². The van der Waals surface area contributed by atoms with Gasteiger partial charge in [-0.3, -0.25) is 4.40 Å². The molecule has 22 heavy (non-hydrogen) atoms. The number of imidazole rings is 1. The number of piperidine rings is 1. The number of aromatic nitrogens is 3. The predicted molar refractivity (Wildman–Crippen MR) is 91.0 cm³/mol. The smallest absolute Gasteiger partial charge is 0.211 e. The van der Waals surface area contributed by atoms with Crippen LogP contribution in [0.4, 0.5) is 5.95 Å². The zero-order valence-electron chi connectivity index (χ0n) is 12.7. The van der Waals surface area contributed by atoms with E-state index in [1.54, 1.807) is 0 Å². The first-order chi connectivity index (χ1) is 10.7. The molecule has 2 aromatic heterocycles. The van der Waals surface area contributed by atoms with Gasteiger partial charge in [-0.25, -0.2) is 9.97 Å². The Bertz CT molecular complexity index is 674. The van der Waals surface area contributed by atoms with Crippen LogP contribution in [0.5, 0.6) is 0 Å². The van der Waals surface area contributed by atoms with Gasteiger partial charge in [-0.15, -0.1) is 0 Å². The van der Waals surface area contributed by atoms with Crippen molar-refractivity contribution in [2.24, 2.45) is 11.1 Å². The maximum Gasteiger partial charge on any atom is 0.211 e. The molecule has 118 valence electrons. The molecule has 2 aromatic rings. The van der Waals surface area contributed by atoms with E-state index in [1.807, 2.05) is 18.6 Å². The highest BCUT2D eigenvalue weighted by Gasteiger charge is 2.41. The number of nitrogens with zero attached hydrogens (tertiary/aromatic N) is 4. The van der Waals surface area contributed by atoms with Crippen LogP contribution in [0.15, 0.2) is 23.1 Å². The molecule has 1 aliphatic heterocycles. The molecule has 0 aromatic carbocycles. The Balaban J connectivity index is 1.58. The zero-order chi connectivity index (χ0) is 15.2. The van der Waals surface area contributed by atoms with E-state index in [0.717, 1.165) is 29.2 Å². The largest absolute Gasteiger partial charge is 0.342 e. The van der Waals surface area contributed by atoms with Crippen molar-refractivity contribution in [3.8, 4) is 0 Å². The Kier molecular flexibility index (Phi) is 3.61. The van der Waals surface area contributed by atoms with Gasteiger partial charge in [0.2, 0.25) is 5.95 Å². The highest BCUT2D eigenvalue weighted by molar-refractivity contribution is 9.10. The summed E-state index contributed by atoms with van der Waals surface area (Å²) in [7, 11) is 0. The molecule has 0 radical (unpaired) electrons. The van der Waals surface area contributed by atoms with Gasteiger partial charge >= 0.3 is 0 Å². The van der Waals surface area contributed by atoms with Crippen molar-refractivity contribution >= 4 is 27.5 Å². The molecule has 3 heterocycles. The molecule has 1 saturated carbocycles. The molecular weight excluding hydrogens is 342 g/mol. The molecule has 2 N–H and O–H groups in total. The average Bonchev–Trinajstić information content (AvgIpc) is 3.03. The fourth-order valence-electron chi connectivity index (χ4n) is 4.22. The van der Waals surface area contributed by atoms with Gasteiger partial charge in [0, 0.05) is 37.7 Å². The third kappa shape index (κ3) is 2.24. The number of hydrogen-bond donors (Lipinski definition) is 1. The minimum Gasteiger partial charge on any atom is -0.342 e. The fourth-order valence-corrected chi connectivity index (χ4v) is 4.61. The van der Waals surface area contributed by atoms with Crippen LogP contribution in [-0.2, 0) is 0 Å². The molecule has 0 bridgehead atoms. The van der Waals surface area contributed by atoms with E-state index >= 15 is 0 Å². The SMILES string of the molecule is N[C@@H]1CCCCC12CCN(c1ncc(Br)c3nccn13)CC2. The lowest BCUT2D eigenvalue weighted by Gasteiger charge is -2.48. The Morgan fingerprint density at radius 3 is 2.77 bits per heavy atom. The lowest BCUT2D eigenvalue weighted by molar-refractivity contribution is 0.113. The molecule has 1 spiro atoms. The summed E-state index contributed by atoms with van der Waals surface area (Å²) in [5.74, 6) is 0.995. The van der Waals surface area contributed by atoms with Gasteiger partial charge in [-0.1, -0.05) is 12.8 Å². The summed E-state index contributed by atoms with van der Waals surface area (Å²) in [6, 6.07) is 0.384. The third-order valence-corrected chi connectivity index (χ3v) is 6.19. The van der Waals surface area contributed by atoms with Gasteiger partial charge in [0.25, 0.3) is 0 Å². The predicted octanol–water partition coefficient (Wildman–Crippen LogP) is 2.98. The maximum absolute atomic E-state index is 6.47. The number of nitrogens with two attached hydrogens (primary N) is 1. The van der Waals surface area contributed by atoms with E-state index in [9.17, 15) is 0 Å². The molecule has 6 heteroatoms. The van der Waals surface area contributed by atoms with Gasteiger partial charge in [0.15, 0.2) is 5.65 Å². The molecule has 2 aliphatic rings. The minimum absolute atomic E-state index is 0.373. The normalized spacial score (nSPS) is 25.0. The first-order valence-corrected chi connectivity index (χ1v) is 8.97. The zero-order valence-corrected chi connectivity index (χ0v) is 14.3. The minimum atomic E-state index is 0.373. The van der Waals surface area contributed by atoms with Crippen LogP contribution in [0.1, 0.15) is 38.5 Å². The van der Waals surface area contributed by atoms with Crippen LogP contribution in [0.3, 0.4) is 0 Å². The van der Waals surface area contributed by atoms with Crippen LogP contribution in [-0.4, -0.2) is 33.5 Å². The molecule has 2 fully saturated rings. The van der Waals surface area contributed by atoms with Crippen molar-refractivity contribution in [1.82, 2.24) is 14.4 Å². The summed E-state index contributed by atoms with van der Waals surface area (Å²) in [4.78, 5) is 11.4. The molecule has 0 amide bonds. The van der Waals surface area contributed by atoms with E-state index in [0.29, 0.717) is 11.5 Å². The average molecular weight is 364 g/mol. The van der Waals surface area contributed by atoms with Crippen molar-refractivity contribution < 1.29 is 0 Å². The molecule has 1 saturated heterocycles. The van der Waals surface area contributed by atoms with Crippen molar-refractivity contribution in [2.75, 3.05) is 18.0 Å². The molecule has 1 aliphatic carbocycles. The monoisotopic (exact) mass is 363 g/mol. The summed E-state index contributed by atoms with van der Waals surface area (Å²) in [6.45, 7) is 2.07. The maximum atomic E-state index is 6.47. The molecule has 4 rings (SSSR count).